The van der Waals surface area contributed by atoms with Gasteiger partial charge in [-0.15, -0.1) is 53.6 Å². The number of furan rings is 3. The van der Waals surface area contributed by atoms with Crippen molar-refractivity contribution in [1.29, 1.82) is 0 Å². The molecule has 0 bridgehead atoms. The van der Waals surface area contributed by atoms with Crippen LogP contribution in [0.4, 0.5) is 0 Å². The van der Waals surface area contributed by atoms with Crippen LogP contribution in [-0.4, -0.2) is 62.6 Å². The van der Waals surface area contributed by atoms with Crippen molar-refractivity contribution < 1.29 is 103 Å². The zero-order valence-electron chi connectivity index (χ0n) is 67.3. The summed E-state index contributed by atoms with van der Waals surface area (Å²) in [5.41, 5.74) is 14.6. The van der Waals surface area contributed by atoms with Crippen molar-refractivity contribution in [2.24, 2.45) is 23.7 Å². The third-order valence-electron chi connectivity index (χ3n) is 20.0. The maximum atomic E-state index is 11.7. The monoisotopic (exact) mass is 2060 g/mol. The summed E-state index contributed by atoms with van der Waals surface area (Å²) in [7, 11) is 0. The van der Waals surface area contributed by atoms with Gasteiger partial charge in [-0.3, -0.25) is 14.4 Å². The zero-order chi connectivity index (χ0) is 79.6. The molecule has 597 valence electrons. The first-order valence-corrected chi connectivity index (χ1v) is 38.5. The van der Waals surface area contributed by atoms with E-state index in [0.29, 0.717) is 17.1 Å². The van der Waals surface area contributed by atoms with Crippen LogP contribution in [0.25, 0.3) is 132 Å². The number of rotatable bonds is 18. The second kappa shape index (κ2) is 42.9. The Labute approximate surface area is 708 Å². The minimum absolute atomic E-state index is 0. The van der Waals surface area contributed by atoms with Gasteiger partial charge in [-0.1, -0.05) is 175 Å². The predicted molar refractivity (Wildman–Crippen MR) is 452 cm³/mol. The predicted octanol–water partition coefficient (Wildman–Crippen LogP) is 25.3. The first-order chi connectivity index (χ1) is 53.5. The van der Waals surface area contributed by atoms with E-state index < -0.39 is 0 Å². The van der Waals surface area contributed by atoms with Crippen LogP contribution in [0.5, 0.6) is 0 Å². The standard InChI is InChI=1S/2C22H15N2O.C21H13N2O.2C13H24O2.C5H8O2.3Ir/c2*1-13-11-18-17-8-7-14(2)24-22(17)25-21(18)19(12-13)20-16-6-4-3-5-15(16)9-10-23-20;1-13-9-10-17-16-7-4-8-18(20(16)24-21(17)23-13)19-15-6-3-2-5-14(15)11-12-22-19;2*1-5-10(6-2)12(14)9-13(15)11(7-3)8-4;1-4(6)3-5(2)7;;;/h2*3-11H,1-2H3;2-7,9-12H,1H3;2*9-11,14H,5-8H2,1-4H3;3,6H,1-2H3;;;/q3*-1;;;;;;. The van der Waals surface area contributed by atoms with E-state index in [0.717, 1.165) is 195 Å². The number of nitrogens with zero attached hydrogens (tertiary/aromatic N) is 6. The van der Waals surface area contributed by atoms with E-state index in [1.165, 1.54) is 32.1 Å². The Morgan fingerprint density at radius 3 is 1.01 bits per heavy atom. The molecule has 0 spiro atoms. The first-order valence-electron chi connectivity index (χ1n) is 38.5. The number of carbonyl (C=O) groups is 3. The quantitative estimate of drug-likeness (QED) is 0.0412. The summed E-state index contributed by atoms with van der Waals surface area (Å²) in [6.07, 6.45) is 16.5. The van der Waals surface area contributed by atoms with Gasteiger partial charge in [0.1, 0.15) is 0 Å². The molecule has 9 heterocycles. The largest absolute Gasteiger partial charge is 0.512 e. The third kappa shape index (κ3) is 21.9. The number of aliphatic hydroxyl groups excluding tert-OH is 3. The van der Waals surface area contributed by atoms with Gasteiger partial charge in [0, 0.05) is 154 Å². The van der Waals surface area contributed by atoms with Crippen LogP contribution >= 0.6 is 0 Å². The Balaban J connectivity index is 0.000000195. The molecule has 0 fully saturated rings. The van der Waals surface area contributed by atoms with E-state index in [1.54, 1.807) is 0 Å². The van der Waals surface area contributed by atoms with Crippen molar-refractivity contribution in [3.8, 4) is 33.8 Å². The van der Waals surface area contributed by atoms with Crippen LogP contribution in [0.3, 0.4) is 0 Å². The molecule has 15 nitrogen and oxygen atoms in total. The van der Waals surface area contributed by atoms with E-state index in [-0.39, 0.29) is 119 Å². The number of aliphatic hydroxyl groups is 3. The van der Waals surface area contributed by atoms with Crippen LogP contribution in [0.1, 0.15) is 149 Å². The molecule has 6 aromatic carbocycles. The number of allylic oxidation sites excluding steroid dienone is 6. The summed E-state index contributed by atoms with van der Waals surface area (Å²) in [6.45, 7) is 29.0. The Hall–Kier alpha value is -10.0. The molecule has 3 N–H and O–H groups in total. The molecule has 0 aliphatic rings. The number of ketones is 3. The molecule has 3 radical (unpaired) electrons. The average Bonchev–Trinajstić information content (AvgIpc) is 1.64. The summed E-state index contributed by atoms with van der Waals surface area (Å²) in [6, 6.07) is 61.4. The van der Waals surface area contributed by atoms with Crippen LogP contribution in [0, 0.1) is 76.5 Å². The number of benzene rings is 6. The van der Waals surface area contributed by atoms with Crippen LogP contribution in [-0.2, 0) is 74.7 Å². The number of hydrogen-bond acceptors (Lipinski definition) is 15. The molecule has 0 aliphatic carbocycles. The summed E-state index contributed by atoms with van der Waals surface area (Å²) in [5, 5.41) is 40.9. The van der Waals surface area contributed by atoms with Crippen molar-refractivity contribution in [1.82, 2.24) is 29.9 Å². The van der Waals surface area contributed by atoms with Crippen LogP contribution in [0.15, 0.2) is 219 Å². The van der Waals surface area contributed by atoms with Crippen LogP contribution < -0.4 is 0 Å². The normalized spacial score (nSPS) is 11.5. The fourth-order valence-corrected chi connectivity index (χ4v) is 13.9. The Morgan fingerprint density at radius 2 is 0.693 bits per heavy atom. The van der Waals surface area contributed by atoms with Crippen molar-refractivity contribution in [2.45, 2.75) is 155 Å². The number of carbonyl (C=O) groups excluding carboxylic acids is 3. The second-order valence-corrected chi connectivity index (χ2v) is 28.0. The first kappa shape index (κ1) is 91.2. The minimum Gasteiger partial charge on any atom is -0.512 e. The SMILES string of the molecule is CC(=O)C=C(C)O.CCC(CC)C(=O)C=C(O)C(CC)CC.CCC(CC)C(=O)C=C(O)C(CC)CC.Cc1[c-]c(-c2nccc3ccccc23)c2oc3nc(C)ccc3c2c1.Cc1[c-]c(-c2nccc3ccccc23)c2oc3nc(C)ccc3c2c1.Cc1ccc2c(n1)oc1c(-c3nccc4ccccc34)[c-]ccc12.[Ir].[Ir].[Ir]. The van der Waals surface area contributed by atoms with Crippen molar-refractivity contribution in [3.63, 3.8) is 0 Å². The fraction of sp³-hybridized carbons (Fsp3) is 0.281. The van der Waals surface area contributed by atoms with Crippen molar-refractivity contribution in [2.75, 3.05) is 0 Å². The second-order valence-electron chi connectivity index (χ2n) is 28.0. The summed E-state index contributed by atoms with van der Waals surface area (Å²) >= 11 is 0. The molecule has 15 rings (SSSR count). The molecule has 114 heavy (non-hydrogen) atoms. The molecule has 9 aromatic heterocycles. The Kier molecular flexibility index (Phi) is 34.3. The number of pyridine rings is 6. The van der Waals surface area contributed by atoms with Gasteiger partial charge in [-0.2, -0.15) is 0 Å². The molecule has 0 amide bonds. The van der Waals surface area contributed by atoms with Gasteiger partial charge < -0.3 is 43.5 Å². The maximum Gasteiger partial charge on any atom is 0.216 e. The summed E-state index contributed by atoms with van der Waals surface area (Å²) < 4.78 is 18.4. The molecule has 15 aromatic rings. The van der Waals surface area contributed by atoms with E-state index in [2.05, 4.69) is 129 Å². The molecular formula is C96H99Ir3N6O9-3. The molecule has 0 aliphatic heterocycles. The topological polar surface area (TPSA) is 229 Å². The average molecular weight is 2060 g/mol. The third-order valence-corrected chi connectivity index (χ3v) is 20.0. The molecule has 0 saturated carbocycles. The Bertz CT molecular complexity index is 5650. The molecule has 0 atom stereocenters. The van der Waals surface area contributed by atoms with Gasteiger partial charge in [0.2, 0.25) is 17.1 Å². The maximum absolute atomic E-state index is 11.7. The number of aryl methyl sites for hydroxylation is 5. The zero-order valence-corrected chi connectivity index (χ0v) is 74.5. The molecule has 0 saturated heterocycles. The van der Waals surface area contributed by atoms with Gasteiger partial charge in [0.25, 0.3) is 0 Å². The number of hydrogen-bond donors (Lipinski definition) is 3. The van der Waals surface area contributed by atoms with Gasteiger partial charge in [0.05, 0.1) is 34.0 Å². The van der Waals surface area contributed by atoms with Crippen LogP contribution in [0.2, 0.25) is 0 Å². The fourth-order valence-electron chi connectivity index (χ4n) is 13.9. The minimum atomic E-state index is -0.125. The smallest absolute Gasteiger partial charge is 0.216 e. The molecule has 0 unspecified atom stereocenters. The van der Waals surface area contributed by atoms with Gasteiger partial charge >= 0.3 is 0 Å². The molecule has 18 heteroatoms. The number of fused-ring (bicyclic) bond motifs is 12. The number of aromatic nitrogens is 6. The summed E-state index contributed by atoms with van der Waals surface area (Å²) in [5.74, 6) is 1.03. The summed E-state index contributed by atoms with van der Waals surface area (Å²) in [4.78, 5) is 60.9. The van der Waals surface area contributed by atoms with Gasteiger partial charge in [-0.05, 0) is 190 Å². The van der Waals surface area contributed by atoms with Gasteiger partial charge in [0.15, 0.2) is 17.3 Å². The van der Waals surface area contributed by atoms with Gasteiger partial charge in [-0.25, -0.2) is 15.0 Å². The van der Waals surface area contributed by atoms with Crippen molar-refractivity contribution >= 4 is 116 Å². The van der Waals surface area contributed by atoms with E-state index in [4.69, 9.17) is 18.4 Å². The van der Waals surface area contributed by atoms with E-state index >= 15 is 0 Å². The Morgan fingerprint density at radius 1 is 0.377 bits per heavy atom. The van der Waals surface area contributed by atoms with E-state index in [9.17, 15) is 24.6 Å². The van der Waals surface area contributed by atoms with Crippen molar-refractivity contribution in [3.05, 3.63) is 252 Å². The molecular weight excluding hydrogens is 1960 g/mol. The van der Waals surface area contributed by atoms with E-state index in [1.807, 2.05) is 180 Å².